The molecular weight excluding hydrogens is 260 g/mol. The number of benzene rings is 2. The third-order valence-corrected chi connectivity index (χ3v) is 3.68. The molecule has 2 aromatic carbocycles. The summed E-state index contributed by atoms with van der Waals surface area (Å²) >= 11 is 0. The van der Waals surface area contributed by atoms with Gasteiger partial charge in [-0.05, 0) is 34.6 Å². The van der Waals surface area contributed by atoms with Gasteiger partial charge in [0.25, 0.3) is 0 Å². The van der Waals surface area contributed by atoms with Gasteiger partial charge in [-0.3, -0.25) is 0 Å². The van der Waals surface area contributed by atoms with E-state index >= 15 is 0 Å². The molecule has 0 saturated carbocycles. The second kappa shape index (κ2) is 6.37. The van der Waals surface area contributed by atoms with E-state index in [-0.39, 0.29) is 6.17 Å². The van der Waals surface area contributed by atoms with Crippen LogP contribution in [0, 0.1) is 5.92 Å². The average molecular weight is 282 g/mol. The maximum Gasteiger partial charge on any atom is 0.112 e. The van der Waals surface area contributed by atoms with E-state index in [2.05, 4.69) is 84.3 Å². The Kier molecular flexibility index (Phi) is 4.31. The molecule has 2 aromatic rings. The van der Waals surface area contributed by atoms with Gasteiger partial charge in [0.1, 0.15) is 6.17 Å². The van der Waals surface area contributed by atoms with Crippen LogP contribution in [-0.4, -0.2) is 0 Å². The lowest BCUT2D eigenvalue weighted by atomic mass is 9.95. The highest BCUT2D eigenvalue weighted by atomic mass is 15.8. The summed E-state index contributed by atoms with van der Waals surface area (Å²) < 4.78 is 0. The number of rotatable bonds is 4. The first-order chi connectivity index (χ1) is 10.2. The minimum Gasteiger partial charge on any atom is -0.220 e. The molecule has 110 valence electrons. The smallest absolute Gasteiger partial charge is 0.112 e. The van der Waals surface area contributed by atoms with Gasteiger partial charge in [0.15, 0.2) is 0 Å². The summed E-state index contributed by atoms with van der Waals surface area (Å²) in [4.78, 5) is 0. The number of nitrogens with one attached hydrogen (secondary N) is 4. The van der Waals surface area contributed by atoms with E-state index in [9.17, 15) is 0 Å². The first-order valence-electron chi connectivity index (χ1n) is 7.43. The van der Waals surface area contributed by atoms with Crippen LogP contribution >= 0.6 is 0 Å². The van der Waals surface area contributed by atoms with Crippen LogP contribution in [-0.2, 0) is 6.42 Å². The monoisotopic (exact) mass is 282 g/mol. The van der Waals surface area contributed by atoms with Crippen molar-refractivity contribution in [2.24, 2.45) is 5.92 Å². The van der Waals surface area contributed by atoms with Crippen LogP contribution in [0.1, 0.15) is 31.1 Å². The molecule has 0 amide bonds. The Labute approximate surface area is 125 Å². The molecule has 4 nitrogen and oxygen atoms in total. The lowest BCUT2D eigenvalue weighted by molar-refractivity contribution is 0.556. The minimum atomic E-state index is 0.0524. The Morgan fingerprint density at radius 1 is 0.905 bits per heavy atom. The number of hydrogen-bond donors (Lipinski definition) is 4. The van der Waals surface area contributed by atoms with Crippen molar-refractivity contribution in [1.29, 1.82) is 0 Å². The van der Waals surface area contributed by atoms with Crippen molar-refractivity contribution in [2.75, 3.05) is 0 Å². The van der Waals surface area contributed by atoms with Crippen molar-refractivity contribution < 1.29 is 0 Å². The van der Waals surface area contributed by atoms with Gasteiger partial charge in [-0.2, -0.15) is 11.1 Å². The Hall–Kier alpha value is -1.72. The molecular formula is C17H22N4. The molecule has 1 heterocycles. The highest BCUT2D eigenvalue weighted by Gasteiger charge is 2.18. The zero-order valence-electron chi connectivity index (χ0n) is 12.5. The van der Waals surface area contributed by atoms with Crippen molar-refractivity contribution >= 4 is 0 Å². The van der Waals surface area contributed by atoms with Crippen LogP contribution in [0.5, 0.6) is 0 Å². The van der Waals surface area contributed by atoms with Crippen molar-refractivity contribution in [1.82, 2.24) is 21.9 Å². The van der Waals surface area contributed by atoms with Crippen LogP contribution in [0.15, 0.2) is 48.5 Å². The molecule has 0 aromatic heterocycles. The Balaban J connectivity index is 1.89. The second-order valence-corrected chi connectivity index (χ2v) is 5.85. The maximum absolute atomic E-state index is 3.15. The fourth-order valence-electron chi connectivity index (χ4n) is 2.71. The summed E-state index contributed by atoms with van der Waals surface area (Å²) in [7, 11) is 0. The van der Waals surface area contributed by atoms with Gasteiger partial charge in [0, 0.05) is 0 Å². The van der Waals surface area contributed by atoms with Crippen molar-refractivity contribution in [3.8, 4) is 11.1 Å². The van der Waals surface area contributed by atoms with Gasteiger partial charge in [0.05, 0.1) is 0 Å². The molecule has 1 saturated heterocycles. The van der Waals surface area contributed by atoms with Crippen LogP contribution in [0.25, 0.3) is 11.1 Å². The number of hydrazine groups is 3. The molecule has 3 rings (SSSR count). The van der Waals surface area contributed by atoms with E-state index in [0.717, 1.165) is 6.42 Å². The van der Waals surface area contributed by atoms with E-state index in [4.69, 9.17) is 0 Å². The summed E-state index contributed by atoms with van der Waals surface area (Å²) in [6, 6.07) is 17.3. The average Bonchev–Trinajstić information content (AvgIpc) is 3.02. The molecule has 0 atom stereocenters. The molecule has 1 aliphatic heterocycles. The molecule has 0 aliphatic carbocycles. The van der Waals surface area contributed by atoms with Gasteiger partial charge in [0.2, 0.25) is 0 Å². The quantitative estimate of drug-likeness (QED) is 0.696. The van der Waals surface area contributed by atoms with Crippen molar-refractivity contribution in [3.63, 3.8) is 0 Å². The first-order valence-corrected chi connectivity index (χ1v) is 7.43. The predicted octanol–water partition coefficient (Wildman–Crippen LogP) is 2.67. The van der Waals surface area contributed by atoms with E-state index in [1.165, 1.54) is 22.3 Å². The molecule has 0 radical (unpaired) electrons. The third kappa shape index (κ3) is 3.31. The summed E-state index contributed by atoms with van der Waals surface area (Å²) in [5, 5.41) is 0. The fourth-order valence-corrected chi connectivity index (χ4v) is 2.71. The van der Waals surface area contributed by atoms with Gasteiger partial charge in [-0.25, -0.2) is 10.9 Å². The molecule has 1 fully saturated rings. The lowest BCUT2D eigenvalue weighted by Crippen LogP contribution is -2.33. The first kappa shape index (κ1) is 14.2. The van der Waals surface area contributed by atoms with Crippen LogP contribution < -0.4 is 21.9 Å². The van der Waals surface area contributed by atoms with Gasteiger partial charge >= 0.3 is 0 Å². The summed E-state index contributed by atoms with van der Waals surface area (Å²) in [5.41, 5.74) is 17.1. The zero-order valence-corrected chi connectivity index (χ0v) is 12.5. The third-order valence-electron chi connectivity index (χ3n) is 3.68. The molecule has 0 bridgehead atoms. The SMILES string of the molecule is CC(C)Cc1ccc(-c2ccccc2C2NNNN2)cc1. The standard InChI is InChI=1S/C17H22N4/c1-12(2)11-13-7-9-14(10-8-13)15-5-3-4-6-16(15)17-18-20-21-19-17/h3-10,12,17-21H,11H2,1-2H3. The number of hydrogen-bond acceptors (Lipinski definition) is 4. The normalized spacial score (nSPS) is 15.8. The maximum atomic E-state index is 3.15. The fraction of sp³-hybridized carbons (Fsp3) is 0.294. The van der Waals surface area contributed by atoms with Crippen molar-refractivity contribution in [2.45, 2.75) is 26.4 Å². The predicted molar refractivity (Wildman–Crippen MR) is 85.7 cm³/mol. The molecule has 4 heteroatoms. The lowest BCUT2D eigenvalue weighted by Gasteiger charge is -2.15. The Morgan fingerprint density at radius 3 is 2.24 bits per heavy atom. The summed E-state index contributed by atoms with van der Waals surface area (Å²) in [6.07, 6.45) is 1.18. The van der Waals surface area contributed by atoms with Crippen LogP contribution in [0.2, 0.25) is 0 Å². The Morgan fingerprint density at radius 2 is 1.57 bits per heavy atom. The molecule has 1 aliphatic rings. The van der Waals surface area contributed by atoms with E-state index in [1.54, 1.807) is 0 Å². The van der Waals surface area contributed by atoms with Gasteiger partial charge in [-0.15, -0.1) is 0 Å². The Bertz CT molecular complexity index is 586. The second-order valence-electron chi connectivity index (χ2n) is 5.85. The van der Waals surface area contributed by atoms with Crippen LogP contribution in [0.4, 0.5) is 0 Å². The zero-order chi connectivity index (χ0) is 14.7. The molecule has 0 unspecified atom stereocenters. The van der Waals surface area contributed by atoms with Gasteiger partial charge in [-0.1, -0.05) is 62.4 Å². The van der Waals surface area contributed by atoms with Crippen molar-refractivity contribution in [3.05, 3.63) is 59.7 Å². The largest absolute Gasteiger partial charge is 0.220 e. The summed E-state index contributed by atoms with van der Waals surface area (Å²) in [5.74, 6) is 0.687. The van der Waals surface area contributed by atoms with E-state index in [1.807, 2.05) is 0 Å². The minimum absolute atomic E-state index is 0.0524. The topological polar surface area (TPSA) is 48.1 Å². The molecule has 4 N–H and O–H groups in total. The molecule has 21 heavy (non-hydrogen) atoms. The van der Waals surface area contributed by atoms with Crippen LogP contribution in [0.3, 0.4) is 0 Å². The highest BCUT2D eigenvalue weighted by Crippen LogP contribution is 2.28. The molecule has 0 spiro atoms. The van der Waals surface area contributed by atoms with Gasteiger partial charge < -0.3 is 0 Å². The van der Waals surface area contributed by atoms with E-state index < -0.39 is 0 Å². The van der Waals surface area contributed by atoms with E-state index in [0.29, 0.717) is 5.92 Å². The summed E-state index contributed by atoms with van der Waals surface area (Å²) in [6.45, 7) is 4.50. The highest BCUT2D eigenvalue weighted by molar-refractivity contribution is 5.68.